The molecular formula is C42H51N7O6. The van der Waals surface area contributed by atoms with Gasteiger partial charge in [-0.1, -0.05) is 30.3 Å². The molecule has 1 aromatic heterocycles. The first-order valence-corrected chi connectivity index (χ1v) is 18.9. The predicted molar refractivity (Wildman–Crippen MR) is 216 cm³/mol. The fourth-order valence-corrected chi connectivity index (χ4v) is 6.69. The van der Waals surface area contributed by atoms with Gasteiger partial charge in [0.2, 0.25) is 11.9 Å². The second kappa shape index (κ2) is 19.1. The molecule has 2 aliphatic heterocycles. The van der Waals surface area contributed by atoms with E-state index in [9.17, 15) is 9.59 Å². The molecule has 2 amide bonds. The second-order valence-corrected chi connectivity index (χ2v) is 13.3. The minimum absolute atomic E-state index is 0.0464. The Hall–Kier alpha value is -5.66. The number of nitrogens with one attached hydrogen (secondary N) is 2. The summed E-state index contributed by atoms with van der Waals surface area (Å²) >= 11 is 0. The molecule has 1 fully saturated rings. The number of fused-ring (bicyclic) bond motifs is 2. The van der Waals surface area contributed by atoms with Crippen molar-refractivity contribution in [1.82, 2.24) is 15.3 Å². The highest BCUT2D eigenvalue weighted by Gasteiger charge is 2.29. The first kappa shape index (κ1) is 39.0. The van der Waals surface area contributed by atoms with Gasteiger partial charge >= 0.3 is 0 Å². The van der Waals surface area contributed by atoms with E-state index < -0.39 is 0 Å². The summed E-state index contributed by atoms with van der Waals surface area (Å²) in [6.45, 7) is 10.4. The van der Waals surface area contributed by atoms with Crippen LogP contribution in [-0.2, 0) is 20.7 Å². The Balaban J connectivity index is 0.922. The topological polar surface area (TPSA) is 131 Å². The van der Waals surface area contributed by atoms with Crippen molar-refractivity contribution in [2.45, 2.75) is 26.2 Å². The van der Waals surface area contributed by atoms with Crippen molar-refractivity contribution >= 4 is 46.3 Å². The number of amides is 2. The van der Waals surface area contributed by atoms with Gasteiger partial charge in [0.15, 0.2) is 5.82 Å². The maximum Gasteiger partial charge on any atom is 0.260 e. The average molecular weight is 750 g/mol. The molecule has 2 aliphatic rings. The summed E-state index contributed by atoms with van der Waals surface area (Å²) in [6.07, 6.45) is 5.89. The largest absolute Gasteiger partial charge is 0.492 e. The minimum Gasteiger partial charge on any atom is -0.492 e. The maximum absolute atomic E-state index is 13.2. The van der Waals surface area contributed by atoms with Crippen LogP contribution in [0.2, 0.25) is 0 Å². The second-order valence-electron chi connectivity index (χ2n) is 13.3. The number of rotatable bonds is 18. The average Bonchev–Trinajstić information content (AvgIpc) is 3.29. The van der Waals surface area contributed by atoms with Crippen LogP contribution in [-0.4, -0.2) is 95.2 Å². The lowest BCUT2D eigenvalue weighted by Gasteiger charge is -2.33. The lowest BCUT2D eigenvalue weighted by molar-refractivity contribution is -0.125. The number of aromatic nitrogens is 2. The number of anilines is 6. The summed E-state index contributed by atoms with van der Waals surface area (Å²) in [4.78, 5) is 41.2. The molecule has 3 heterocycles. The Morgan fingerprint density at radius 1 is 0.909 bits per heavy atom. The van der Waals surface area contributed by atoms with Gasteiger partial charge in [-0.05, 0) is 68.1 Å². The molecule has 0 saturated carbocycles. The quantitative estimate of drug-likeness (QED) is 0.0898. The standard InChI is InChI=1S/C42H51N7O6/c1-5-9-30-12-15-33(16-13-30)55-27-26-53-25-24-52-23-20-43-40(50)31-18-21-49(22-19-31)32-14-17-35(38(28-32)54-6-2)45-42-44-29-37-39(46-42)47(3)36-11-8-7-10-34(36)41(51)48(37)4/h5,7-8,10-17,28-29,31H,1,6,9,18-27H2,2-4H3,(H,43,50)(H,44,45,46). The van der Waals surface area contributed by atoms with Gasteiger partial charge < -0.3 is 44.3 Å². The molecule has 13 heteroatoms. The number of ether oxygens (including phenoxy) is 4. The van der Waals surface area contributed by atoms with Gasteiger partial charge in [0.05, 0.1) is 56.2 Å². The molecule has 4 aromatic rings. The van der Waals surface area contributed by atoms with Crippen molar-refractivity contribution in [3.63, 3.8) is 0 Å². The van der Waals surface area contributed by atoms with E-state index in [1.165, 1.54) is 5.56 Å². The Morgan fingerprint density at radius 3 is 2.42 bits per heavy atom. The van der Waals surface area contributed by atoms with Crippen LogP contribution in [0, 0.1) is 5.92 Å². The van der Waals surface area contributed by atoms with Crippen LogP contribution in [0.1, 0.15) is 35.7 Å². The molecule has 3 aromatic carbocycles. The molecule has 1 saturated heterocycles. The van der Waals surface area contributed by atoms with Crippen LogP contribution in [0.4, 0.5) is 34.5 Å². The Kier molecular flexibility index (Phi) is 13.5. The van der Waals surface area contributed by atoms with Crippen molar-refractivity contribution in [2.75, 3.05) is 93.4 Å². The van der Waals surface area contributed by atoms with Crippen molar-refractivity contribution < 1.29 is 28.5 Å². The van der Waals surface area contributed by atoms with E-state index in [0.717, 1.165) is 55.2 Å². The van der Waals surface area contributed by atoms with Gasteiger partial charge in [-0.2, -0.15) is 4.98 Å². The summed E-state index contributed by atoms with van der Waals surface area (Å²) in [5.41, 5.74) is 4.93. The third kappa shape index (κ3) is 9.91. The molecular weight excluding hydrogens is 699 g/mol. The molecule has 0 atom stereocenters. The zero-order chi connectivity index (χ0) is 38.6. The van der Waals surface area contributed by atoms with Crippen molar-refractivity contribution in [2.24, 2.45) is 5.92 Å². The molecule has 0 radical (unpaired) electrons. The predicted octanol–water partition coefficient (Wildman–Crippen LogP) is 6.15. The first-order valence-electron chi connectivity index (χ1n) is 18.9. The van der Waals surface area contributed by atoms with Crippen LogP contribution in [0.3, 0.4) is 0 Å². The number of para-hydroxylation sites is 1. The van der Waals surface area contributed by atoms with Gasteiger partial charge in [-0.15, -0.1) is 6.58 Å². The van der Waals surface area contributed by atoms with Gasteiger partial charge in [-0.3, -0.25) is 9.59 Å². The Labute approximate surface area is 323 Å². The summed E-state index contributed by atoms with van der Waals surface area (Å²) in [7, 11) is 3.63. The Morgan fingerprint density at radius 2 is 1.65 bits per heavy atom. The molecule has 0 aliphatic carbocycles. The number of carbonyl (C=O) groups excluding carboxylic acids is 2. The smallest absolute Gasteiger partial charge is 0.260 e. The zero-order valence-electron chi connectivity index (χ0n) is 32.0. The fraction of sp³-hybridized carbons (Fsp3) is 0.381. The number of carbonyl (C=O) groups is 2. The molecule has 55 heavy (non-hydrogen) atoms. The lowest BCUT2D eigenvalue weighted by atomic mass is 9.95. The highest BCUT2D eigenvalue weighted by atomic mass is 16.5. The molecule has 0 spiro atoms. The normalized spacial score (nSPS) is 14.2. The summed E-state index contributed by atoms with van der Waals surface area (Å²) in [5.74, 6) is 2.38. The third-order valence-corrected chi connectivity index (χ3v) is 9.69. The van der Waals surface area contributed by atoms with E-state index in [0.29, 0.717) is 75.0 Å². The number of piperidine rings is 1. The Bertz CT molecular complexity index is 1920. The first-order chi connectivity index (χ1) is 26.9. The zero-order valence-corrected chi connectivity index (χ0v) is 32.0. The molecule has 290 valence electrons. The van der Waals surface area contributed by atoms with Crippen LogP contribution in [0.25, 0.3) is 0 Å². The molecule has 0 unspecified atom stereocenters. The molecule has 2 N–H and O–H groups in total. The van der Waals surface area contributed by atoms with Gasteiger partial charge in [0.25, 0.3) is 5.91 Å². The van der Waals surface area contributed by atoms with Gasteiger partial charge in [0.1, 0.15) is 23.8 Å². The minimum atomic E-state index is -0.118. The van der Waals surface area contributed by atoms with Crippen molar-refractivity contribution in [3.8, 4) is 11.5 Å². The number of allylic oxidation sites excluding steroid dienone is 1. The summed E-state index contributed by atoms with van der Waals surface area (Å²) < 4.78 is 23.0. The van der Waals surface area contributed by atoms with E-state index in [1.807, 2.05) is 91.7 Å². The van der Waals surface area contributed by atoms with E-state index in [1.54, 1.807) is 18.1 Å². The lowest BCUT2D eigenvalue weighted by Crippen LogP contribution is -2.41. The van der Waals surface area contributed by atoms with Crippen molar-refractivity contribution in [3.05, 3.63) is 96.7 Å². The monoisotopic (exact) mass is 749 g/mol. The number of benzene rings is 3. The van der Waals surface area contributed by atoms with E-state index in [4.69, 9.17) is 23.9 Å². The molecule has 0 bridgehead atoms. The van der Waals surface area contributed by atoms with Gasteiger partial charge in [-0.25, -0.2) is 4.98 Å². The van der Waals surface area contributed by atoms with E-state index >= 15 is 0 Å². The number of nitrogens with zero attached hydrogens (tertiary/aromatic N) is 5. The number of hydrogen-bond acceptors (Lipinski definition) is 11. The highest BCUT2D eigenvalue weighted by Crippen LogP contribution is 2.39. The summed E-state index contributed by atoms with van der Waals surface area (Å²) in [5, 5.41) is 6.36. The van der Waals surface area contributed by atoms with Crippen LogP contribution in [0.5, 0.6) is 11.5 Å². The van der Waals surface area contributed by atoms with Crippen LogP contribution in [0.15, 0.2) is 85.6 Å². The fourth-order valence-electron chi connectivity index (χ4n) is 6.69. The van der Waals surface area contributed by atoms with Crippen LogP contribution >= 0.6 is 0 Å². The van der Waals surface area contributed by atoms with E-state index in [-0.39, 0.29) is 17.7 Å². The maximum atomic E-state index is 13.2. The van der Waals surface area contributed by atoms with E-state index in [2.05, 4.69) is 27.1 Å². The van der Waals surface area contributed by atoms with Crippen LogP contribution < -0.4 is 34.8 Å². The third-order valence-electron chi connectivity index (χ3n) is 9.69. The molecule has 13 nitrogen and oxygen atoms in total. The van der Waals surface area contributed by atoms with Gasteiger partial charge in [0, 0.05) is 51.4 Å². The molecule has 6 rings (SSSR count). The number of hydrogen-bond donors (Lipinski definition) is 2. The summed E-state index contributed by atoms with van der Waals surface area (Å²) in [6, 6.07) is 21.5. The van der Waals surface area contributed by atoms with Crippen molar-refractivity contribution in [1.29, 1.82) is 0 Å². The SMILES string of the molecule is C=CCc1ccc(OCCOCCOCCNC(=O)C2CCN(c3ccc(Nc4ncc5c(n4)N(C)c4ccccc4C(=O)N5C)c(OCC)c3)CC2)cc1. The highest BCUT2D eigenvalue weighted by molar-refractivity contribution is 6.13.